The predicted molar refractivity (Wildman–Crippen MR) is 69.1 cm³/mol. The van der Waals surface area contributed by atoms with E-state index in [1.54, 1.807) is 18.3 Å². The Labute approximate surface area is 113 Å². The van der Waals surface area contributed by atoms with Crippen molar-refractivity contribution in [2.45, 2.75) is 6.92 Å². The highest BCUT2D eigenvalue weighted by Crippen LogP contribution is 2.29. The lowest BCUT2D eigenvalue weighted by atomic mass is 10.2. The number of hydrogen-bond donors (Lipinski definition) is 0. The van der Waals surface area contributed by atoms with Crippen molar-refractivity contribution in [3.63, 3.8) is 0 Å². The maximum Gasteiger partial charge on any atom is 0.308 e. The molecule has 0 unspecified atom stereocenters. The molecule has 0 bridgehead atoms. The van der Waals surface area contributed by atoms with Crippen LogP contribution in [-0.4, -0.2) is 21.7 Å². The van der Waals surface area contributed by atoms with E-state index in [0.717, 1.165) is 6.07 Å². The Morgan fingerprint density at radius 1 is 1.40 bits per heavy atom. The first-order chi connectivity index (χ1) is 9.52. The first-order valence-corrected chi connectivity index (χ1v) is 5.62. The molecule has 0 fully saturated rings. The zero-order valence-corrected chi connectivity index (χ0v) is 10.5. The number of non-ortho nitro benzene ring substituents is 1. The van der Waals surface area contributed by atoms with Gasteiger partial charge >= 0.3 is 5.97 Å². The smallest absolute Gasteiger partial charge is 0.308 e. The average Bonchev–Trinajstić information content (AvgIpc) is 2.85. The Hall–Kier alpha value is -2.96. The van der Waals surface area contributed by atoms with Gasteiger partial charge in [0.15, 0.2) is 12.0 Å². The molecule has 0 spiro atoms. The fourth-order valence-electron chi connectivity index (χ4n) is 1.76. The van der Waals surface area contributed by atoms with E-state index in [1.165, 1.54) is 23.6 Å². The Morgan fingerprint density at radius 2 is 2.15 bits per heavy atom. The van der Waals surface area contributed by atoms with Gasteiger partial charge in [0, 0.05) is 19.2 Å². The van der Waals surface area contributed by atoms with Crippen LogP contribution < -0.4 is 4.74 Å². The van der Waals surface area contributed by atoms with E-state index in [2.05, 4.69) is 0 Å². The van der Waals surface area contributed by atoms with E-state index < -0.39 is 10.9 Å². The van der Waals surface area contributed by atoms with Gasteiger partial charge in [0.1, 0.15) is 0 Å². The van der Waals surface area contributed by atoms with Crippen LogP contribution in [-0.2, 0) is 4.79 Å². The lowest BCUT2D eigenvalue weighted by molar-refractivity contribution is -0.384. The normalized spacial score (nSPS) is 10.1. The fraction of sp³-hybridized carbons (Fsp3) is 0.0769. The Balaban J connectivity index is 2.59. The second-order valence-corrected chi connectivity index (χ2v) is 3.92. The van der Waals surface area contributed by atoms with E-state index in [4.69, 9.17) is 4.74 Å². The number of aldehydes is 1. The fourth-order valence-corrected chi connectivity index (χ4v) is 1.76. The van der Waals surface area contributed by atoms with Crippen LogP contribution in [0.2, 0.25) is 0 Å². The second-order valence-electron chi connectivity index (χ2n) is 3.92. The summed E-state index contributed by atoms with van der Waals surface area (Å²) in [4.78, 5) is 32.2. The molecule has 2 aromatic rings. The van der Waals surface area contributed by atoms with Gasteiger partial charge in [0.25, 0.3) is 5.69 Å². The molecule has 0 radical (unpaired) electrons. The molecule has 1 aromatic heterocycles. The number of nitro groups is 1. The van der Waals surface area contributed by atoms with Gasteiger partial charge in [-0.1, -0.05) is 0 Å². The van der Waals surface area contributed by atoms with E-state index in [-0.39, 0.29) is 11.4 Å². The number of rotatable bonds is 4. The van der Waals surface area contributed by atoms with Crippen LogP contribution in [0.3, 0.4) is 0 Å². The molecule has 0 saturated heterocycles. The zero-order valence-electron chi connectivity index (χ0n) is 10.5. The number of aromatic nitrogens is 1. The SMILES string of the molecule is CC(=O)Oc1cc([N+](=O)[O-])ccc1-n1cccc1C=O. The third kappa shape index (κ3) is 2.56. The lowest BCUT2D eigenvalue weighted by Gasteiger charge is -2.11. The van der Waals surface area contributed by atoms with E-state index >= 15 is 0 Å². The van der Waals surface area contributed by atoms with Crippen molar-refractivity contribution in [3.05, 3.63) is 52.3 Å². The Bertz CT molecular complexity index is 690. The molecule has 1 aromatic carbocycles. The van der Waals surface area contributed by atoms with Crippen molar-refractivity contribution < 1.29 is 19.2 Å². The van der Waals surface area contributed by atoms with Gasteiger partial charge in [0.05, 0.1) is 22.4 Å². The number of nitro benzene ring substituents is 1. The third-order valence-electron chi connectivity index (χ3n) is 2.57. The van der Waals surface area contributed by atoms with Crippen molar-refractivity contribution in [3.8, 4) is 11.4 Å². The van der Waals surface area contributed by atoms with Crippen LogP contribution in [0, 0.1) is 10.1 Å². The van der Waals surface area contributed by atoms with Crippen LogP contribution in [0.4, 0.5) is 5.69 Å². The molecule has 0 aliphatic rings. The summed E-state index contributed by atoms with van der Waals surface area (Å²) in [6.45, 7) is 1.19. The molecule has 0 atom stereocenters. The largest absolute Gasteiger partial charge is 0.424 e. The van der Waals surface area contributed by atoms with Crippen LogP contribution >= 0.6 is 0 Å². The molecule has 2 rings (SSSR count). The van der Waals surface area contributed by atoms with E-state index in [9.17, 15) is 19.7 Å². The molecule has 0 saturated carbocycles. The van der Waals surface area contributed by atoms with Gasteiger partial charge in [-0.05, 0) is 18.2 Å². The quantitative estimate of drug-likeness (QED) is 0.280. The molecular weight excluding hydrogens is 264 g/mol. The summed E-state index contributed by atoms with van der Waals surface area (Å²) < 4.78 is 6.46. The minimum atomic E-state index is -0.605. The zero-order chi connectivity index (χ0) is 14.7. The van der Waals surface area contributed by atoms with Gasteiger partial charge in [0.2, 0.25) is 0 Å². The molecular formula is C13H10N2O5. The molecule has 20 heavy (non-hydrogen) atoms. The first kappa shape index (κ1) is 13.5. The number of nitrogens with zero attached hydrogens (tertiary/aromatic N) is 2. The van der Waals surface area contributed by atoms with Crippen LogP contribution in [0.15, 0.2) is 36.5 Å². The van der Waals surface area contributed by atoms with Crippen molar-refractivity contribution in [1.82, 2.24) is 4.57 Å². The minimum Gasteiger partial charge on any atom is -0.424 e. The second kappa shape index (κ2) is 5.35. The molecule has 7 heteroatoms. The maximum atomic E-state index is 11.1. The van der Waals surface area contributed by atoms with Gasteiger partial charge in [-0.3, -0.25) is 19.7 Å². The molecule has 0 N–H and O–H groups in total. The molecule has 1 heterocycles. The summed E-state index contributed by atoms with van der Waals surface area (Å²) in [6, 6.07) is 7.06. The van der Waals surface area contributed by atoms with Gasteiger partial charge < -0.3 is 9.30 Å². The van der Waals surface area contributed by atoms with Crippen molar-refractivity contribution in [2.75, 3.05) is 0 Å². The van der Waals surface area contributed by atoms with Gasteiger partial charge in [-0.25, -0.2) is 0 Å². The first-order valence-electron chi connectivity index (χ1n) is 5.62. The summed E-state index contributed by atoms with van der Waals surface area (Å²) in [7, 11) is 0. The summed E-state index contributed by atoms with van der Waals surface area (Å²) in [5.41, 5.74) is 0.509. The van der Waals surface area contributed by atoms with Crippen molar-refractivity contribution in [1.29, 1.82) is 0 Å². The summed E-state index contributed by atoms with van der Waals surface area (Å²) in [6.07, 6.45) is 2.23. The molecule has 7 nitrogen and oxygen atoms in total. The number of ether oxygens (including phenoxy) is 1. The Morgan fingerprint density at radius 3 is 2.75 bits per heavy atom. The van der Waals surface area contributed by atoms with Crippen molar-refractivity contribution in [2.24, 2.45) is 0 Å². The molecule has 0 amide bonds. The van der Waals surface area contributed by atoms with E-state index in [1.807, 2.05) is 0 Å². The van der Waals surface area contributed by atoms with Crippen LogP contribution in [0.5, 0.6) is 5.75 Å². The highest BCUT2D eigenvalue weighted by Gasteiger charge is 2.16. The number of carbonyl (C=O) groups is 2. The number of benzene rings is 1. The topological polar surface area (TPSA) is 91.4 Å². The summed E-state index contributed by atoms with van der Waals surface area (Å²) in [5.74, 6) is -0.586. The highest BCUT2D eigenvalue weighted by molar-refractivity contribution is 5.76. The van der Waals surface area contributed by atoms with Crippen molar-refractivity contribution >= 4 is 17.9 Å². The summed E-state index contributed by atoms with van der Waals surface area (Å²) >= 11 is 0. The van der Waals surface area contributed by atoms with Crippen LogP contribution in [0.1, 0.15) is 17.4 Å². The standard InChI is InChI=1S/C13H10N2O5/c1-9(17)20-13-7-10(15(18)19)4-5-12(13)14-6-2-3-11(14)8-16/h2-8H,1H3. The number of esters is 1. The lowest BCUT2D eigenvalue weighted by Crippen LogP contribution is -2.07. The van der Waals surface area contributed by atoms with Gasteiger partial charge in [-0.2, -0.15) is 0 Å². The number of carbonyl (C=O) groups excluding carboxylic acids is 2. The average molecular weight is 274 g/mol. The monoisotopic (exact) mass is 274 g/mol. The molecule has 102 valence electrons. The van der Waals surface area contributed by atoms with Gasteiger partial charge in [-0.15, -0.1) is 0 Å². The summed E-state index contributed by atoms with van der Waals surface area (Å²) in [5, 5.41) is 10.8. The van der Waals surface area contributed by atoms with Crippen LogP contribution in [0.25, 0.3) is 5.69 Å². The highest BCUT2D eigenvalue weighted by atomic mass is 16.6. The molecule has 0 aliphatic carbocycles. The predicted octanol–water partition coefficient (Wildman–Crippen LogP) is 2.12. The maximum absolute atomic E-state index is 11.1. The van der Waals surface area contributed by atoms with E-state index in [0.29, 0.717) is 17.7 Å². The minimum absolute atomic E-state index is 0.0194. The number of hydrogen-bond acceptors (Lipinski definition) is 5. The molecule has 0 aliphatic heterocycles. The third-order valence-corrected chi connectivity index (χ3v) is 2.57. The Kier molecular flexibility index (Phi) is 3.60.